The summed E-state index contributed by atoms with van der Waals surface area (Å²) in [5.74, 6) is 0. The maximum Gasteiger partial charge on any atom is 0.0543 e. The number of hydrogen-bond acceptors (Lipinski definition) is 3. The van der Waals surface area contributed by atoms with Crippen molar-refractivity contribution in [2.24, 2.45) is 5.41 Å². The molecule has 0 aliphatic heterocycles. The van der Waals surface area contributed by atoms with Gasteiger partial charge in [0.05, 0.1) is 5.69 Å². The molecule has 0 radical (unpaired) electrons. The van der Waals surface area contributed by atoms with Gasteiger partial charge in [-0.3, -0.25) is 9.88 Å². The minimum Gasteiger partial charge on any atom is -0.316 e. The van der Waals surface area contributed by atoms with E-state index >= 15 is 0 Å². The molecule has 0 aliphatic carbocycles. The summed E-state index contributed by atoms with van der Waals surface area (Å²) in [7, 11) is 2.19. The third kappa shape index (κ3) is 6.17. The third-order valence-electron chi connectivity index (χ3n) is 3.47. The summed E-state index contributed by atoms with van der Waals surface area (Å²) < 4.78 is 0. The normalized spacial score (nSPS) is 14.6. The topological polar surface area (TPSA) is 28.2 Å². The van der Waals surface area contributed by atoms with Gasteiger partial charge in [0.2, 0.25) is 0 Å². The molecule has 1 unspecified atom stereocenters. The van der Waals surface area contributed by atoms with E-state index < -0.39 is 0 Å². The minimum absolute atomic E-state index is 0.342. The standard InChI is InChI=1S/C16H29N3/c1-5-10-16(3,13-17-6-2)14-19(4)12-15-9-7-8-11-18-15/h7-9,11,17H,5-6,10,12-14H2,1-4H3. The fourth-order valence-electron chi connectivity index (χ4n) is 2.73. The number of aromatic nitrogens is 1. The minimum atomic E-state index is 0.342. The summed E-state index contributed by atoms with van der Waals surface area (Å²) >= 11 is 0. The smallest absolute Gasteiger partial charge is 0.0543 e. The molecule has 0 aliphatic rings. The lowest BCUT2D eigenvalue weighted by Crippen LogP contribution is -2.40. The SMILES string of the molecule is CCCC(C)(CNCC)CN(C)Cc1ccccn1. The first-order chi connectivity index (χ1) is 9.09. The van der Waals surface area contributed by atoms with E-state index in [1.165, 1.54) is 12.8 Å². The summed E-state index contributed by atoms with van der Waals surface area (Å²) in [6.07, 6.45) is 4.36. The van der Waals surface area contributed by atoms with Crippen LogP contribution in [0.15, 0.2) is 24.4 Å². The molecule has 108 valence electrons. The Morgan fingerprint density at radius 3 is 2.68 bits per heavy atom. The Labute approximate surface area is 118 Å². The van der Waals surface area contributed by atoms with Crippen LogP contribution in [-0.2, 0) is 6.54 Å². The Morgan fingerprint density at radius 2 is 2.11 bits per heavy atom. The van der Waals surface area contributed by atoms with Crippen molar-refractivity contribution < 1.29 is 0 Å². The van der Waals surface area contributed by atoms with Gasteiger partial charge in [-0.15, -0.1) is 0 Å². The van der Waals surface area contributed by atoms with Crippen molar-refractivity contribution in [2.75, 3.05) is 26.7 Å². The van der Waals surface area contributed by atoms with E-state index in [-0.39, 0.29) is 0 Å². The molecule has 0 saturated heterocycles. The highest BCUT2D eigenvalue weighted by Crippen LogP contribution is 2.24. The zero-order valence-corrected chi connectivity index (χ0v) is 12.9. The molecule has 1 atom stereocenters. The first-order valence-electron chi connectivity index (χ1n) is 7.39. The van der Waals surface area contributed by atoms with Crippen molar-refractivity contribution >= 4 is 0 Å². The summed E-state index contributed by atoms with van der Waals surface area (Å²) in [4.78, 5) is 6.78. The first-order valence-corrected chi connectivity index (χ1v) is 7.39. The van der Waals surface area contributed by atoms with Crippen LogP contribution < -0.4 is 5.32 Å². The van der Waals surface area contributed by atoms with Crippen LogP contribution in [0.3, 0.4) is 0 Å². The van der Waals surface area contributed by atoms with Crippen LogP contribution in [0.1, 0.15) is 39.3 Å². The average Bonchev–Trinajstić information content (AvgIpc) is 2.37. The summed E-state index contributed by atoms with van der Waals surface area (Å²) in [6, 6.07) is 6.12. The van der Waals surface area contributed by atoms with Gasteiger partial charge in [-0.1, -0.05) is 33.3 Å². The number of hydrogen-bond donors (Lipinski definition) is 1. The van der Waals surface area contributed by atoms with Gasteiger partial charge >= 0.3 is 0 Å². The van der Waals surface area contributed by atoms with Crippen molar-refractivity contribution in [3.8, 4) is 0 Å². The molecule has 0 spiro atoms. The van der Waals surface area contributed by atoms with E-state index in [9.17, 15) is 0 Å². The maximum atomic E-state index is 4.40. The van der Waals surface area contributed by atoms with Crippen LogP contribution in [0.2, 0.25) is 0 Å². The van der Waals surface area contributed by atoms with E-state index in [4.69, 9.17) is 0 Å². The van der Waals surface area contributed by atoms with Gasteiger partial charge < -0.3 is 5.32 Å². The fraction of sp³-hybridized carbons (Fsp3) is 0.688. The molecular weight excluding hydrogens is 234 g/mol. The molecule has 1 aromatic heterocycles. The summed E-state index contributed by atoms with van der Waals surface area (Å²) in [5.41, 5.74) is 1.49. The highest BCUT2D eigenvalue weighted by Gasteiger charge is 2.24. The number of nitrogens with one attached hydrogen (secondary N) is 1. The quantitative estimate of drug-likeness (QED) is 0.742. The maximum absolute atomic E-state index is 4.40. The van der Waals surface area contributed by atoms with Crippen LogP contribution in [0, 0.1) is 5.41 Å². The molecule has 3 heteroatoms. The van der Waals surface area contributed by atoms with Gasteiger partial charge in [-0.25, -0.2) is 0 Å². The van der Waals surface area contributed by atoms with Gasteiger partial charge in [0.25, 0.3) is 0 Å². The van der Waals surface area contributed by atoms with Crippen LogP contribution in [0.25, 0.3) is 0 Å². The van der Waals surface area contributed by atoms with Crippen LogP contribution in [-0.4, -0.2) is 36.6 Å². The first kappa shape index (κ1) is 16.1. The van der Waals surface area contributed by atoms with E-state index in [2.05, 4.69) is 55.2 Å². The zero-order chi connectivity index (χ0) is 14.1. The highest BCUT2D eigenvalue weighted by atomic mass is 15.1. The number of rotatable bonds is 9. The lowest BCUT2D eigenvalue weighted by Gasteiger charge is -2.34. The van der Waals surface area contributed by atoms with Gasteiger partial charge in [-0.05, 0) is 37.6 Å². The zero-order valence-electron chi connectivity index (χ0n) is 12.9. The van der Waals surface area contributed by atoms with E-state index in [0.29, 0.717) is 5.41 Å². The average molecular weight is 263 g/mol. The molecule has 0 saturated carbocycles. The number of nitrogens with zero attached hydrogens (tertiary/aromatic N) is 2. The Bertz CT molecular complexity index is 339. The molecule has 0 fully saturated rings. The largest absolute Gasteiger partial charge is 0.316 e. The second-order valence-corrected chi connectivity index (χ2v) is 5.83. The summed E-state index contributed by atoms with van der Waals surface area (Å²) in [6.45, 7) is 11.0. The predicted molar refractivity (Wildman–Crippen MR) is 82.1 cm³/mol. The van der Waals surface area contributed by atoms with Crippen LogP contribution >= 0.6 is 0 Å². The molecule has 0 bridgehead atoms. The van der Waals surface area contributed by atoms with Crippen molar-refractivity contribution in [1.29, 1.82) is 0 Å². The molecule has 0 aromatic carbocycles. The molecule has 1 aromatic rings. The summed E-state index contributed by atoms with van der Waals surface area (Å²) in [5, 5.41) is 3.50. The van der Waals surface area contributed by atoms with Crippen molar-refractivity contribution in [3.63, 3.8) is 0 Å². The van der Waals surface area contributed by atoms with Crippen molar-refractivity contribution in [3.05, 3.63) is 30.1 Å². The second-order valence-electron chi connectivity index (χ2n) is 5.83. The monoisotopic (exact) mass is 263 g/mol. The third-order valence-corrected chi connectivity index (χ3v) is 3.47. The molecule has 0 amide bonds. The van der Waals surface area contributed by atoms with Crippen LogP contribution in [0.4, 0.5) is 0 Å². The fourth-order valence-corrected chi connectivity index (χ4v) is 2.73. The molecule has 1 heterocycles. The lowest BCUT2D eigenvalue weighted by atomic mass is 9.85. The number of pyridine rings is 1. The Morgan fingerprint density at radius 1 is 1.32 bits per heavy atom. The Balaban J connectivity index is 2.53. The van der Waals surface area contributed by atoms with Gasteiger partial charge in [0, 0.05) is 25.8 Å². The van der Waals surface area contributed by atoms with Crippen molar-refractivity contribution in [2.45, 2.75) is 40.2 Å². The molecule has 19 heavy (non-hydrogen) atoms. The second kappa shape index (κ2) is 8.28. The van der Waals surface area contributed by atoms with Crippen LogP contribution in [0.5, 0.6) is 0 Å². The van der Waals surface area contributed by atoms with Gasteiger partial charge in [0.15, 0.2) is 0 Å². The van der Waals surface area contributed by atoms with E-state index in [1.807, 2.05) is 12.3 Å². The van der Waals surface area contributed by atoms with E-state index in [1.54, 1.807) is 0 Å². The highest BCUT2D eigenvalue weighted by molar-refractivity contribution is 5.03. The van der Waals surface area contributed by atoms with Gasteiger partial charge in [0.1, 0.15) is 0 Å². The van der Waals surface area contributed by atoms with Crippen molar-refractivity contribution in [1.82, 2.24) is 15.2 Å². The predicted octanol–water partition coefficient (Wildman–Crippen LogP) is 2.93. The lowest BCUT2D eigenvalue weighted by molar-refractivity contribution is 0.168. The van der Waals surface area contributed by atoms with Gasteiger partial charge in [-0.2, -0.15) is 0 Å². The Hall–Kier alpha value is -0.930. The molecule has 1 rings (SSSR count). The molecular formula is C16H29N3. The molecule has 1 N–H and O–H groups in total. The Kier molecular flexibility index (Phi) is 7.03. The van der Waals surface area contributed by atoms with E-state index in [0.717, 1.165) is 31.9 Å². The molecule has 3 nitrogen and oxygen atoms in total.